The third-order valence-corrected chi connectivity index (χ3v) is 2.82. The minimum Gasteiger partial charge on any atom is -0.330 e. The average molecular weight is 190 g/mol. The maximum Gasteiger partial charge on any atom is 0.211 e. The molecule has 1 aliphatic carbocycles. The Balaban J connectivity index is 2.05. The first kappa shape index (κ1) is 8.05. The van der Waals surface area contributed by atoms with Gasteiger partial charge in [0.05, 0.1) is 6.20 Å². The normalized spacial score (nSPS) is 16.6. The Hall–Kier alpha value is -1.29. The van der Waals surface area contributed by atoms with Gasteiger partial charge >= 0.3 is 0 Å². The Morgan fingerprint density at radius 1 is 1.57 bits per heavy atom. The third kappa shape index (κ3) is 1.14. The van der Waals surface area contributed by atoms with Crippen LogP contribution < -0.4 is 5.73 Å². The highest BCUT2D eigenvalue weighted by atomic mass is 15.1. The molecule has 0 atom stereocenters. The molecule has 74 valence electrons. The highest BCUT2D eigenvalue weighted by Crippen LogP contribution is 2.39. The topological polar surface area (TPSA) is 59.1 Å². The molecule has 3 rings (SSSR count). The molecule has 4 heteroatoms. The number of nitrogens with zero attached hydrogens (tertiary/aromatic N) is 2. The van der Waals surface area contributed by atoms with E-state index >= 15 is 0 Å². The molecule has 0 aliphatic heterocycles. The standard InChI is InChI=1S/C10H14N4/c11-4-3-8-5-12-10-13-9(6-14(8)10)7-1-2-7/h5-7H,1-4,11H2,(H,12,13). The molecule has 1 fully saturated rings. The van der Waals surface area contributed by atoms with Crippen LogP contribution in [0.2, 0.25) is 0 Å². The molecule has 0 aromatic carbocycles. The second kappa shape index (κ2) is 2.85. The van der Waals surface area contributed by atoms with Crippen molar-refractivity contribution in [3.05, 3.63) is 23.8 Å². The maximum absolute atomic E-state index is 5.54. The number of nitrogens with two attached hydrogens (primary N) is 1. The summed E-state index contributed by atoms with van der Waals surface area (Å²) in [6.07, 6.45) is 7.59. The zero-order valence-electron chi connectivity index (χ0n) is 8.03. The lowest BCUT2D eigenvalue weighted by Crippen LogP contribution is -2.04. The van der Waals surface area contributed by atoms with Crippen LogP contribution in [0.3, 0.4) is 0 Å². The number of aromatic nitrogens is 3. The number of nitrogens with one attached hydrogen (secondary N) is 1. The monoisotopic (exact) mass is 190 g/mol. The van der Waals surface area contributed by atoms with Crippen LogP contribution >= 0.6 is 0 Å². The van der Waals surface area contributed by atoms with Gasteiger partial charge in [-0.25, -0.2) is 4.98 Å². The summed E-state index contributed by atoms with van der Waals surface area (Å²) in [6, 6.07) is 0. The largest absolute Gasteiger partial charge is 0.330 e. The smallest absolute Gasteiger partial charge is 0.211 e. The number of aromatic amines is 1. The summed E-state index contributed by atoms with van der Waals surface area (Å²) in [5, 5.41) is 0. The van der Waals surface area contributed by atoms with Crippen molar-refractivity contribution in [2.45, 2.75) is 25.2 Å². The van der Waals surface area contributed by atoms with E-state index in [2.05, 4.69) is 20.6 Å². The summed E-state index contributed by atoms with van der Waals surface area (Å²) in [5.41, 5.74) is 8.06. The molecular weight excluding hydrogens is 176 g/mol. The Labute approximate surface area is 82.1 Å². The number of hydrogen-bond donors (Lipinski definition) is 2. The number of H-pyrrole nitrogens is 1. The van der Waals surface area contributed by atoms with Gasteiger partial charge in [-0.15, -0.1) is 0 Å². The van der Waals surface area contributed by atoms with Crippen molar-refractivity contribution in [2.24, 2.45) is 5.73 Å². The third-order valence-electron chi connectivity index (χ3n) is 2.82. The molecule has 3 N–H and O–H groups in total. The zero-order chi connectivity index (χ0) is 9.54. The van der Waals surface area contributed by atoms with Crippen LogP contribution in [0.15, 0.2) is 12.4 Å². The van der Waals surface area contributed by atoms with Gasteiger partial charge in [0.15, 0.2) is 0 Å². The van der Waals surface area contributed by atoms with Crippen molar-refractivity contribution in [3.8, 4) is 0 Å². The quantitative estimate of drug-likeness (QED) is 0.759. The predicted octanol–water partition coefficient (Wildman–Crippen LogP) is 1.04. The fraction of sp³-hybridized carbons (Fsp3) is 0.500. The molecule has 0 bridgehead atoms. The molecule has 0 spiro atoms. The molecule has 14 heavy (non-hydrogen) atoms. The van der Waals surface area contributed by atoms with Crippen LogP contribution in [-0.2, 0) is 6.42 Å². The first-order valence-corrected chi connectivity index (χ1v) is 5.13. The van der Waals surface area contributed by atoms with E-state index in [0.717, 1.165) is 18.1 Å². The van der Waals surface area contributed by atoms with Gasteiger partial charge in [0.1, 0.15) is 0 Å². The summed E-state index contributed by atoms with van der Waals surface area (Å²) in [4.78, 5) is 7.67. The van der Waals surface area contributed by atoms with Gasteiger partial charge in [0.2, 0.25) is 5.78 Å². The first-order valence-electron chi connectivity index (χ1n) is 5.13. The molecule has 2 aromatic heterocycles. The Kier molecular flexibility index (Phi) is 1.64. The fourth-order valence-electron chi connectivity index (χ4n) is 1.87. The lowest BCUT2D eigenvalue weighted by molar-refractivity contribution is 0.905. The highest BCUT2D eigenvalue weighted by molar-refractivity contribution is 5.36. The Bertz CT molecular complexity index is 450. The summed E-state index contributed by atoms with van der Waals surface area (Å²) in [7, 11) is 0. The Morgan fingerprint density at radius 3 is 3.14 bits per heavy atom. The van der Waals surface area contributed by atoms with Gasteiger partial charge in [-0.05, 0) is 19.4 Å². The predicted molar refractivity (Wildman–Crippen MR) is 54.3 cm³/mol. The molecule has 0 amide bonds. The molecule has 4 nitrogen and oxygen atoms in total. The number of imidazole rings is 2. The summed E-state index contributed by atoms with van der Waals surface area (Å²) >= 11 is 0. The molecule has 0 radical (unpaired) electrons. The van der Waals surface area contributed by atoms with Crippen LogP contribution in [0.25, 0.3) is 5.78 Å². The van der Waals surface area contributed by atoms with Crippen LogP contribution in [0.1, 0.15) is 30.1 Å². The average Bonchev–Trinajstić information content (AvgIpc) is 2.84. The van der Waals surface area contributed by atoms with Crippen molar-refractivity contribution < 1.29 is 0 Å². The van der Waals surface area contributed by atoms with Crippen molar-refractivity contribution in [2.75, 3.05) is 6.54 Å². The van der Waals surface area contributed by atoms with E-state index in [1.807, 2.05) is 6.20 Å². The van der Waals surface area contributed by atoms with E-state index in [1.165, 1.54) is 24.2 Å². The second-order valence-electron chi connectivity index (χ2n) is 3.97. The zero-order valence-corrected chi connectivity index (χ0v) is 8.03. The van der Waals surface area contributed by atoms with E-state index in [4.69, 9.17) is 5.73 Å². The minimum absolute atomic E-state index is 0.678. The van der Waals surface area contributed by atoms with Gasteiger partial charge in [-0.3, -0.25) is 4.40 Å². The minimum atomic E-state index is 0.678. The molecule has 0 saturated heterocycles. The van der Waals surface area contributed by atoms with E-state index in [0.29, 0.717) is 6.54 Å². The maximum atomic E-state index is 5.54. The van der Waals surface area contributed by atoms with Gasteiger partial charge in [0.25, 0.3) is 0 Å². The molecule has 2 heterocycles. The van der Waals surface area contributed by atoms with Crippen LogP contribution in [-0.4, -0.2) is 20.9 Å². The second-order valence-corrected chi connectivity index (χ2v) is 3.97. The number of fused-ring (bicyclic) bond motifs is 1. The van der Waals surface area contributed by atoms with Gasteiger partial charge in [0, 0.05) is 29.9 Å². The Morgan fingerprint density at radius 2 is 2.43 bits per heavy atom. The molecular formula is C10H14N4. The molecule has 1 aliphatic rings. The van der Waals surface area contributed by atoms with Gasteiger partial charge < -0.3 is 10.7 Å². The van der Waals surface area contributed by atoms with Crippen LogP contribution in [0, 0.1) is 0 Å². The first-order chi connectivity index (χ1) is 6.88. The lowest BCUT2D eigenvalue weighted by atomic mass is 10.3. The molecule has 2 aromatic rings. The van der Waals surface area contributed by atoms with Crippen molar-refractivity contribution in [1.29, 1.82) is 0 Å². The molecule has 0 unspecified atom stereocenters. The van der Waals surface area contributed by atoms with Crippen LogP contribution in [0.5, 0.6) is 0 Å². The van der Waals surface area contributed by atoms with E-state index < -0.39 is 0 Å². The summed E-state index contributed by atoms with van der Waals surface area (Å²) in [6.45, 7) is 0.678. The van der Waals surface area contributed by atoms with E-state index in [-0.39, 0.29) is 0 Å². The van der Waals surface area contributed by atoms with Crippen molar-refractivity contribution >= 4 is 5.78 Å². The fourth-order valence-corrected chi connectivity index (χ4v) is 1.87. The SMILES string of the molecule is NCCc1cnc2[nH]c(C3CC3)cn12. The van der Waals surface area contributed by atoms with Crippen molar-refractivity contribution in [3.63, 3.8) is 0 Å². The van der Waals surface area contributed by atoms with Crippen molar-refractivity contribution in [1.82, 2.24) is 14.4 Å². The summed E-state index contributed by atoms with van der Waals surface area (Å²) < 4.78 is 2.13. The van der Waals surface area contributed by atoms with Gasteiger partial charge in [-0.1, -0.05) is 0 Å². The van der Waals surface area contributed by atoms with Gasteiger partial charge in [-0.2, -0.15) is 0 Å². The van der Waals surface area contributed by atoms with E-state index in [1.54, 1.807) is 0 Å². The number of hydrogen-bond acceptors (Lipinski definition) is 2. The summed E-state index contributed by atoms with van der Waals surface area (Å²) in [5.74, 6) is 1.71. The van der Waals surface area contributed by atoms with E-state index in [9.17, 15) is 0 Å². The number of rotatable bonds is 3. The lowest BCUT2D eigenvalue weighted by Gasteiger charge is -1.93. The molecule has 1 saturated carbocycles. The highest BCUT2D eigenvalue weighted by Gasteiger charge is 2.25. The van der Waals surface area contributed by atoms with Crippen LogP contribution in [0.4, 0.5) is 0 Å².